The smallest absolute Gasteiger partial charge is 0.163 e. The van der Waals surface area contributed by atoms with Gasteiger partial charge in [0.15, 0.2) is 11.5 Å². The summed E-state index contributed by atoms with van der Waals surface area (Å²) < 4.78 is 21.9. The van der Waals surface area contributed by atoms with E-state index in [1.165, 1.54) is 6.33 Å². The highest BCUT2D eigenvalue weighted by molar-refractivity contribution is 5.93. The van der Waals surface area contributed by atoms with Gasteiger partial charge in [-0.2, -0.15) is 0 Å². The molecule has 0 radical (unpaired) electrons. The van der Waals surface area contributed by atoms with Gasteiger partial charge in [-0.1, -0.05) is 24.3 Å². The van der Waals surface area contributed by atoms with Crippen molar-refractivity contribution in [1.29, 1.82) is 0 Å². The first-order chi connectivity index (χ1) is 14.7. The van der Waals surface area contributed by atoms with Crippen LogP contribution in [-0.4, -0.2) is 50.6 Å². The van der Waals surface area contributed by atoms with E-state index in [-0.39, 0.29) is 0 Å². The van der Waals surface area contributed by atoms with Crippen molar-refractivity contribution in [2.75, 3.05) is 46.0 Å². The summed E-state index contributed by atoms with van der Waals surface area (Å²) in [6.07, 6.45) is 5.60. The number of ether oxygens (including phenoxy) is 4. The minimum Gasteiger partial charge on any atom is -0.487 e. The van der Waals surface area contributed by atoms with Crippen LogP contribution in [0.3, 0.4) is 0 Å². The van der Waals surface area contributed by atoms with E-state index >= 15 is 0 Å². The van der Waals surface area contributed by atoms with Gasteiger partial charge < -0.3 is 24.3 Å². The normalized spacial score (nSPS) is 11.2. The summed E-state index contributed by atoms with van der Waals surface area (Å²) in [6.45, 7) is 3.78. The second kappa shape index (κ2) is 11.1. The lowest BCUT2D eigenvalue weighted by Gasteiger charge is -2.15. The van der Waals surface area contributed by atoms with E-state index in [0.717, 1.165) is 22.2 Å². The Morgan fingerprint density at radius 2 is 1.53 bits per heavy atom. The molecule has 3 rings (SSSR count). The van der Waals surface area contributed by atoms with E-state index in [1.807, 2.05) is 49.4 Å². The second-order valence-electron chi connectivity index (χ2n) is 6.47. The predicted molar refractivity (Wildman–Crippen MR) is 119 cm³/mol. The van der Waals surface area contributed by atoms with Gasteiger partial charge in [-0.15, -0.1) is 0 Å². The lowest BCUT2D eigenvalue weighted by atomic mass is 10.1. The van der Waals surface area contributed by atoms with Gasteiger partial charge >= 0.3 is 0 Å². The number of hydrogen-bond acceptors (Lipinski definition) is 7. The van der Waals surface area contributed by atoms with Crippen LogP contribution in [0, 0.1) is 0 Å². The number of nitrogens with zero attached hydrogens (tertiary/aromatic N) is 2. The highest BCUT2D eigenvalue weighted by atomic mass is 16.5. The van der Waals surface area contributed by atoms with Crippen molar-refractivity contribution in [1.82, 2.24) is 9.97 Å². The molecule has 0 unspecified atom stereocenters. The molecule has 0 aliphatic rings. The number of benzene rings is 2. The molecule has 0 bridgehead atoms. The van der Waals surface area contributed by atoms with Crippen molar-refractivity contribution in [3.05, 3.63) is 54.4 Å². The molecule has 158 valence electrons. The van der Waals surface area contributed by atoms with Crippen LogP contribution < -0.4 is 14.8 Å². The SMILES string of the molecule is C/C=C/c1ccc(Nc2ncnc3cc(OCCOC)c(OCCOC)cc23)cc1. The molecule has 1 heterocycles. The first-order valence-corrected chi connectivity index (χ1v) is 9.77. The van der Waals surface area contributed by atoms with Crippen molar-refractivity contribution in [2.45, 2.75) is 6.92 Å². The predicted octanol–water partition coefficient (Wildman–Crippen LogP) is 4.46. The molecule has 0 fully saturated rings. The van der Waals surface area contributed by atoms with Gasteiger partial charge in [0.05, 0.1) is 18.7 Å². The Morgan fingerprint density at radius 3 is 2.17 bits per heavy atom. The van der Waals surface area contributed by atoms with Gasteiger partial charge in [-0.05, 0) is 30.7 Å². The Labute approximate surface area is 176 Å². The van der Waals surface area contributed by atoms with E-state index in [4.69, 9.17) is 18.9 Å². The maximum atomic E-state index is 5.88. The number of fused-ring (bicyclic) bond motifs is 1. The number of methoxy groups -OCH3 is 2. The highest BCUT2D eigenvalue weighted by Gasteiger charge is 2.13. The molecular weight excluding hydrogens is 382 g/mol. The molecule has 7 heteroatoms. The van der Waals surface area contributed by atoms with Gasteiger partial charge in [0.2, 0.25) is 0 Å². The van der Waals surface area contributed by atoms with Gasteiger partial charge in [-0.3, -0.25) is 0 Å². The van der Waals surface area contributed by atoms with Crippen molar-refractivity contribution >= 4 is 28.5 Å². The maximum absolute atomic E-state index is 5.88. The fourth-order valence-electron chi connectivity index (χ4n) is 2.87. The minimum absolute atomic E-state index is 0.408. The average Bonchev–Trinajstić information content (AvgIpc) is 2.76. The van der Waals surface area contributed by atoms with Crippen LogP contribution in [0.2, 0.25) is 0 Å². The average molecular weight is 409 g/mol. The van der Waals surface area contributed by atoms with Crippen LogP contribution in [0.5, 0.6) is 11.5 Å². The Hall–Kier alpha value is -3.16. The Morgan fingerprint density at radius 1 is 0.867 bits per heavy atom. The third-order valence-corrected chi connectivity index (χ3v) is 4.32. The minimum atomic E-state index is 0.408. The van der Waals surface area contributed by atoms with Crippen molar-refractivity contribution in [3.63, 3.8) is 0 Å². The van der Waals surface area contributed by atoms with Crippen molar-refractivity contribution in [2.24, 2.45) is 0 Å². The molecule has 1 aromatic heterocycles. The molecule has 0 aliphatic heterocycles. The second-order valence-corrected chi connectivity index (χ2v) is 6.47. The first kappa shape index (κ1) is 21.5. The number of aromatic nitrogens is 2. The van der Waals surface area contributed by atoms with E-state index in [9.17, 15) is 0 Å². The summed E-state index contributed by atoms with van der Waals surface area (Å²) in [6, 6.07) is 11.9. The quantitative estimate of drug-likeness (QED) is 0.469. The Balaban J connectivity index is 1.91. The zero-order valence-electron chi connectivity index (χ0n) is 17.6. The number of allylic oxidation sites excluding steroid dienone is 1. The third-order valence-electron chi connectivity index (χ3n) is 4.32. The molecule has 0 aliphatic carbocycles. The molecule has 1 N–H and O–H groups in total. The van der Waals surface area contributed by atoms with E-state index < -0.39 is 0 Å². The van der Waals surface area contributed by atoms with E-state index in [0.29, 0.717) is 43.7 Å². The Kier molecular flexibility index (Phi) is 8.00. The van der Waals surface area contributed by atoms with E-state index in [1.54, 1.807) is 14.2 Å². The number of nitrogens with one attached hydrogen (secondary N) is 1. The van der Waals surface area contributed by atoms with Gasteiger partial charge in [0, 0.05) is 31.4 Å². The molecular formula is C23H27N3O4. The molecule has 0 saturated heterocycles. The maximum Gasteiger partial charge on any atom is 0.163 e. The van der Waals surface area contributed by atoms with Crippen LogP contribution in [0.4, 0.5) is 11.5 Å². The zero-order chi connectivity index (χ0) is 21.2. The molecule has 3 aromatic rings. The van der Waals surface area contributed by atoms with Crippen LogP contribution >= 0.6 is 0 Å². The lowest BCUT2D eigenvalue weighted by molar-refractivity contribution is 0.132. The van der Waals surface area contributed by atoms with Gasteiger partial charge in [0.25, 0.3) is 0 Å². The monoisotopic (exact) mass is 409 g/mol. The molecule has 2 aromatic carbocycles. The fraction of sp³-hybridized carbons (Fsp3) is 0.304. The third kappa shape index (κ3) is 5.68. The number of rotatable bonds is 11. The van der Waals surface area contributed by atoms with Gasteiger partial charge in [0.1, 0.15) is 25.4 Å². The standard InChI is InChI=1S/C23H27N3O4/c1-4-5-17-6-8-18(9-7-17)26-23-19-14-21(29-12-10-27-2)22(30-13-11-28-3)15-20(19)24-16-25-23/h4-9,14-16H,10-13H2,1-3H3,(H,24,25,26)/b5-4+. The fourth-order valence-corrected chi connectivity index (χ4v) is 2.87. The summed E-state index contributed by atoms with van der Waals surface area (Å²) in [7, 11) is 3.27. The van der Waals surface area contributed by atoms with Crippen molar-refractivity contribution < 1.29 is 18.9 Å². The number of anilines is 2. The van der Waals surface area contributed by atoms with E-state index in [2.05, 4.69) is 21.4 Å². The molecule has 30 heavy (non-hydrogen) atoms. The number of hydrogen-bond donors (Lipinski definition) is 1. The highest BCUT2D eigenvalue weighted by Crippen LogP contribution is 2.35. The summed E-state index contributed by atoms with van der Waals surface area (Å²) in [4.78, 5) is 8.82. The van der Waals surface area contributed by atoms with Crippen LogP contribution in [0.25, 0.3) is 17.0 Å². The molecule has 7 nitrogen and oxygen atoms in total. The van der Waals surface area contributed by atoms with Gasteiger partial charge in [-0.25, -0.2) is 9.97 Å². The van der Waals surface area contributed by atoms with Crippen LogP contribution in [0.1, 0.15) is 12.5 Å². The topological polar surface area (TPSA) is 74.7 Å². The Bertz CT molecular complexity index is 974. The lowest BCUT2D eigenvalue weighted by Crippen LogP contribution is -2.09. The first-order valence-electron chi connectivity index (χ1n) is 9.77. The summed E-state index contributed by atoms with van der Waals surface area (Å²) >= 11 is 0. The summed E-state index contributed by atoms with van der Waals surface area (Å²) in [5.41, 5.74) is 2.83. The largest absolute Gasteiger partial charge is 0.487 e. The zero-order valence-corrected chi connectivity index (χ0v) is 17.6. The van der Waals surface area contributed by atoms with Crippen molar-refractivity contribution in [3.8, 4) is 11.5 Å². The summed E-state index contributed by atoms with van der Waals surface area (Å²) in [5.74, 6) is 1.91. The van der Waals surface area contributed by atoms with Crippen LogP contribution in [-0.2, 0) is 9.47 Å². The molecule has 0 spiro atoms. The molecule has 0 atom stereocenters. The molecule has 0 saturated carbocycles. The summed E-state index contributed by atoms with van der Waals surface area (Å²) in [5, 5.41) is 4.20. The molecule has 0 amide bonds. The van der Waals surface area contributed by atoms with Crippen LogP contribution in [0.15, 0.2) is 48.8 Å².